The van der Waals surface area contributed by atoms with Crippen LogP contribution in [0.5, 0.6) is 5.75 Å². The van der Waals surface area contributed by atoms with Crippen molar-refractivity contribution in [2.45, 2.75) is 13.3 Å². The maximum Gasteiger partial charge on any atom is 0.340 e. The fraction of sp³-hybridized carbons (Fsp3) is 0.214. The first-order valence-corrected chi connectivity index (χ1v) is 6.91. The Labute approximate surface area is 125 Å². The summed E-state index contributed by atoms with van der Waals surface area (Å²) in [6, 6.07) is 6.30. The number of aromatic carboxylic acids is 1. The molecule has 0 radical (unpaired) electrons. The van der Waals surface area contributed by atoms with Crippen LogP contribution in [-0.4, -0.2) is 33.5 Å². The fourth-order valence-corrected chi connectivity index (χ4v) is 2.72. The standard InChI is InChI=1S/C14H14N2O4S/c1-8-12(14(19)20)13(21-15-8)16(2)11(18)7-9-3-5-10(17)6-4-9/h3-6,17H,7H2,1-2H3,(H,19,20). The van der Waals surface area contributed by atoms with Gasteiger partial charge >= 0.3 is 5.97 Å². The molecule has 21 heavy (non-hydrogen) atoms. The van der Waals surface area contributed by atoms with E-state index in [1.165, 1.54) is 24.1 Å². The van der Waals surface area contributed by atoms with Gasteiger partial charge in [0.25, 0.3) is 0 Å². The van der Waals surface area contributed by atoms with Gasteiger partial charge in [-0.1, -0.05) is 12.1 Å². The van der Waals surface area contributed by atoms with Gasteiger partial charge in [-0.15, -0.1) is 0 Å². The van der Waals surface area contributed by atoms with Gasteiger partial charge in [-0.3, -0.25) is 4.79 Å². The number of hydrogen-bond acceptors (Lipinski definition) is 5. The van der Waals surface area contributed by atoms with E-state index in [-0.39, 0.29) is 23.6 Å². The molecule has 6 nitrogen and oxygen atoms in total. The molecule has 110 valence electrons. The lowest BCUT2D eigenvalue weighted by molar-refractivity contribution is -0.117. The highest BCUT2D eigenvalue weighted by molar-refractivity contribution is 7.11. The SMILES string of the molecule is Cc1nsc(N(C)C(=O)Cc2ccc(O)cc2)c1C(=O)O. The molecule has 0 atom stereocenters. The number of anilines is 1. The molecule has 0 saturated carbocycles. The van der Waals surface area contributed by atoms with Crippen LogP contribution in [0.15, 0.2) is 24.3 Å². The Morgan fingerprint density at radius 2 is 1.90 bits per heavy atom. The summed E-state index contributed by atoms with van der Waals surface area (Å²) in [5.41, 5.74) is 1.19. The number of rotatable bonds is 4. The van der Waals surface area contributed by atoms with Crippen molar-refractivity contribution in [1.29, 1.82) is 0 Å². The third-order valence-electron chi connectivity index (χ3n) is 3.03. The molecule has 1 amide bonds. The van der Waals surface area contributed by atoms with E-state index in [0.717, 1.165) is 17.1 Å². The normalized spacial score (nSPS) is 10.4. The molecule has 0 spiro atoms. The largest absolute Gasteiger partial charge is 0.508 e. The van der Waals surface area contributed by atoms with Crippen LogP contribution in [0.3, 0.4) is 0 Å². The van der Waals surface area contributed by atoms with E-state index < -0.39 is 5.97 Å². The van der Waals surface area contributed by atoms with Crippen molar-refractivity contribution >= 4 is 28.4 Å². The van der Waals surface area contributed by atoms with Gasteiger partial charge in [0, 0.05) is 7.05 Å². The number of amides is 1. The Morgan fingerprint density at radius 1 is 1.29 bits per heavy atom. The van der Waals surface area contributed by atoms with Gasteiger partial charge in [-0.25, -0.2) is 4.79 Å². The minimum absolute atomic E-state index is 0.0570. The number of aromatic hydroxyl groups is 1. The lowest BCUT2D eigenvalue weighted by Crippen LogP contribution is -2.28. The summed E-state index contributed by atoms with van der Waals surface area (Å²) in [5, 5.41) is 18.7. The third kappa shape index (κ3) is 3.19. The number of nitrogens with zero attached hydrogens (tertiary/aromatic N) is 2. The smallest absolute Gasteiger partial charge is 0.340 e. The van der Waals surface area contributed by atoms with E-state index >= 15 is 0 Å². The molecule has 2 N–H and O–H groups in total. The summed E-state index contributed by atoms with van der Waals surface area (Å²) in [6.07, 6.45) is 0.118. The first-order chi connectivity index (χ1) is 9.90. The average molecular weight is 306 g/mol. The second kappa shape index (κ2) is 5.92. The second-order valence-electron chi connectivity index (χ2n) is 4.55. The number of aryl methyl sites for hydroxylation is 1. The van der Waals surface area contributed by atoms with E-state index in [0.29, 0.717) is 10.7 Å². The maximum absolute atomic E-state index is 12.2. The van der Waals surface area contributed by atoms with Crippen LogP contribution in [-0.2, 0) is 11.2 Å². The Balaban J connectivity index is 2.20. The zero-order valence-electron chi connectivity index (χ0n) is 11.5. The summed E-state index contributed by atoms with van der Waals surface area (Å²) in [7, 11) is 1.53. The minimum Gasteiger partial charge on any atom is -0.508 e. The molecule has 1 aromatic heterocycles. The van der Waals surface area contributed by atoms with Gasteiger partial charge in [0.1, 0.15) is 16.3 Å². The number of carbonyl (C=O) groups is 2. The molecule has 1 aromatic carbocycles. The van der Waals surface area contributed by atoms with Crippen LogP contribution in [0, 0.1) is 6.92 Å². The van der Waals surface area contributed by atoms with Crippen molar-refractivity contribution in [2.75, 3.05) is 11.9 Å². The predicted molar refractivity (Wildman–Crippen MR) is 79.0 cm³/mol. The van der Waals surface area contributed by atoms with Crippen LogP contribution in [0.2, 0.25) is 0 Å². The number of carboxylic acids is 1. The summed E-state index contributed by atoms with van der Waals surface area (Å²) in [4.78, 5) is 24.8. The number of carbonyl (C=O) groups excluding carboxylic acids is 1. The first-order valence-electron chi connectivity index (χ1n) is 6.14. The quantitative estimate of drug-likeness (QED) is 0.902. The summed E-state index contributed by atoms with van der Waals surface area (Å²) < 4.78 is 3.99. The van der Waals surface area contributed by atoms with Gasteiger partial charge in [0.2, 0.25) is 5.91 Å². The maximum atomic E-state index is 12.2. The molecular weight excluding hydrogens is 292 g/mol. The van der Waals surface area contributed by atoms with Crippen LogP contribution in [0.1, 0.15) is 21.6 Å². The lowest BCUT2D eigenvalue weighted by atomic mass is 10.1. The molecule has 2 rings (SSSR count). The molecule has 0 saturated heterocycles. The van der Waals surface area contributed by atoms with Gasteiger partial charge in [-0.2, -0.15) is 4.37 Å². The molecule has 2 aromatic rings. The van der Waals surface area contributed by atoms with Crippen molar-refractivity contribution in [3.05, 3.63) is 41.1 Å². The van der Waals surface area contributed by atoms with Crippen molar-refractivity contribution < 1.29 is 19.8 Å². The van der Waals surface area contributed by atoms with Crippen molar-refractivity contribution in [3.63, 3.8) is 0 Å². The van der Waals surface area contributed by atoms with Crippen LogP contribution >= 0.6 is 11.5 Å². The van der Waals surface area contributed by atoms with Crippen LogP contribution in [0.4, 0.5) is 5.00 Å². The topological polar surface area (TPSA) is 90.7 Å². The van der Waals surface area contributed by atoms with Crippen molar-refractivity contribution in [2.24, 2.45) is 0 Å². The molecule has 0 fully saturated rings. The van der Waals surface area contributed by atoms with Crippen molar-refractivity contribution in [3.8, 4) is 5.75 Å². The number of aromatic nitrogens is 1. The van der Waals surface area contributed by atoms with Gasteiger partial charge < -0.3 is 15.1 Å². The Hall–Kier alpha value is -2.41. The molecule has 7 heteroatoms. The summed E-state index contributed by atoms with van der Waals surface area (Å²) in [5.74, 6) is -1.21. The molecule has 0 unspecified atom stereocenters. The average Bonchev–Trinajstić information content (AvgIpc) is 2.82. The molecule has 0 aliphatic carbocycles. The van der Waals surface area contributed by atoms with E-state index in [2.05, 4.69) is 4.37 Å². The third-order valence-corrected chi connectivity index (χ3v) is 4.05. The number of hydrogen-bond donors (Lipinski definition) is 2. The minimum atomic E-state index is -1.10. The van der Waals surface area contributed by atoms with Gasteiger partial charge in [-0.05, 0) is 36.2 Å². The Morgan fingerprint density at radius 3 is 2.48 bits per heavy atom. The van der Waals surface area contributed by atoms with Gasteiger partial charge in [0.15, 0.2) is 0 Å². The number of likely N-dealkylation sites (N-methyl/N-ethyl adjacent to an activating group) is 1. The van der Waals surface area contributed by atoms with Crippen LogP contribution < -0.4 is 4.90 Å². The lowest BCUT2D eigenvalue weighted by Gasteiger charge is -2.15. The monoisotopic (exact) mass is 306 g/mol. The number of phenolic OH excluding ortho intramolecular Hbond substituents is 1. The first kappa shape index (κ1) is 15.0. The highest BCUT2D eigenvalue weighted by atomic mass is 32.1. The number of phenols is 1. The van der Waals surface area contributed by atoms with Gasteiger partial charge in [0.05, 0.1) is 12.1 Å². The molecule has 0 aliphatic heterocycles. The highest BCUT2D eigenvalue weighted by Gasteiger charge is 2.23. The zero-order chi connectivity index (χ0) is 15.6. The highest BCUT2D eigenvalue weighted by Crippen LogP contribution is 2.28. The second-order valence-corrected chi connectivity index (χ2v) is 5.30. The van der Waals surface area contributed by atoms with Crippen molar-refractivity contribution in [1.82, 2.24) is 4.37 Å². The molecule has 1 heterocycles. The Kier molecular flexibility index (Phi) is 4.23. The number of carboxylic acid groups (broad SMARTS) is 1. The fourth-order valence-electron chi connectivity index (χ4n) is 1.85. The predicted octanol–water partition coefficient (Wildman–Crippen LogP) is 2.06. The molecule has 0 bridgehead atoms. The van der Waals surface area contributed by atoms with Crippen LogP contribution in [0.25, 0.3) is 0 Å². The Bertz CT molecular complexity index is 679. The molecular formula is C14H14N2O4S. The van der Waals surface area contributed by atoms with E-state index in [1.807, 2.05) is 0 Å². The van der Waals surface area contributed by atoms with E-state index in [1.54, 1.807) is 19.1 Å². The summed E-state index contributed by atoms with van der Waals surface area (Å²) in [6.45, 7) is 1.60. The van der Waals surface area contributed by atoms with E-state index in [9.17, 15) is 19.8 Å². The van der Waals surface area contributed by atoms with E-state index in [4.69, 9.17) is 0 Å². The molecule has 0 aliphatic rings. The summed E-state index contributed by atoms with van der Waals surface area (Å²) >= 11 is 0.988. The zero-order valence-corrected chi connectivity index (χ0v) is 12.3. The number of benzene rings is 1.